The number of phenols is 1. The summed E-state index contributed by atoms with van der Waals surface area (Å²) < 4.78 is 5.99. The molecule has 2 rings (SSSR count). The monoisotopic (exact) mass is 276 g/mol. The predicted molar refractivity (Wildman–Crippen MR) is 80.4 cm³/mol. The quantitative estimate of drug-likeness (QED) is 0.749. The van der Waals surface area contributed by atoms with Crippen LogP contribution in [0.2, 0.25) is 0 Å². The molecule has 1 aliphatic rings. The molecule has 0 saturated heterocycles. The molecule has 0 fully saturated rings. The van der Waals surface area contributed by atoms with Crippen molar-refractivity contribution in [3.63, 3.8) is 0 Å². The average Bonchev–Trinajstić information content (AvgIpc) is 2.74. The standard InChI is InChI=1S/C17H24O3/c1-3-5-7-13-14-11-15(19)12(6-4-2)10-17(14)20-16(13)8-9-18/h4,10-11,13,16,18-19H,2-3,5-9H2,1H3. The van der Waals surface area contributed by atoms with Crippen LogP contribution < -0.4 is 4.74 Å². The maximum Gasteiger partial charge on any atom is 0.123 e. The Morgan fingerprint density at radius 3 is 2.80 bits per heavy atom. The number of aromatic hydroxyl groups is 1. The third-order valence-electron chi connectivity index (χ3n) is 3.98. The van der Waals surface area contributed by atoms with E-state index >= 15 is 0 Å². The van der Waals surface area contributed by atoms with Gasteiger partial charge in [0.15, 0.2) is 0 Å². The molecule has 1 aromatic rings. The second-order valence-electron chi connectivity index (χ2n) is 5.43. The van der Waals surface area contributed by atoms with E-state index in [0.29, 0.717) is 18.6 Å². The first-order valence-electron chi connectivity index (χ1n) is 7.45. The molecule has 3 nitrogen and oxygen atoms in total. The number of hydrogen-bond acceptors (Lipinski definition) is 3. The zero-order valence-electron chi connectivity index (χ0n) is 12.1. The summed E-state index contributed by atoms with van der Waals surface area (Å²) in [5.74, 6) is 1.46. The number of aliphatic hydroxyl groups excluding tert-OH is 1. The van der Waals surface area contributed by atoms with E-state index in [-0.39, 0.29) is 18.6 Å². The van der Waals surface area contributed by atoms with Gasteiger partial charge in [-0.2, -0.15) is 0 Å². The molecule has 2 N–H and O–H groups in total. The van der Waals surface area contributed by atoms with Crippen LogP contribution in [-0.2, 0) is 6.42 Å². The third kappa shape index (κ3) is 2.98. The zero-order chi connectivity index (χ0) is 14.5. The van der Waals surface area contributed by atoms with E-state index < -0.39 is 0 Å². The predicted octanol–water partition coefficient (Wildman–Crippen LogP) is 3.54. The van der Waals surface area contributed by atoms with Crippen molar-refractivity contribution in [3.8, 4) is 11.5 Å². The molecule has 3 heteroatoms. The first-order chi connectivity index (χ1) is 9.71. The van der Waals surface area contributed by atoms with E-state index in [9.17, 15) is 10.2 Å². The van der Waals surface area contributed by atoms with Crippen LogP contribution in [0, 0.1) is 0 Å². The third-order valence-corrected chi connectivity index (χ3v) is 3.98. The number of hydrogen-bond donors (Lipinski definition) is 2. The van der Waals surface area contributed by atoms with Gasteiger partial charge in [0.25, 0.3) is 0 Å². The van der Waals surface area contributed by atoms with E-state index in [0.717, 1.165) is 36.1 Å². The van der Waals surface area contributed by atoms with E-state index in [1.807, 2.05) is 12.1 Å². The van der Waals surface area contributed by atoms with Crippen LogP contribution in [0.4, 0.5) is 0 Å². The lowest BCUT2D eigenvalue weighted by Crippen LogP contribution is -2.20. The summed E-state index contributed by atoms with van der Waals surface area (Å²) in [6.45, 7) is 6.01. The van der Waals surface area contributed by atoms with Gasteiger partial charge in [-0.3, -0.25) is 0 Å². The topological polar surface area (TPSA) is 49.7 Å². The van der Waals surface area contributed by atoms with Crippen molar-refractivity contribution in [2.24, 2.45) is 0 Å². The minimum atomic E-state index is 0.0277. The molecule has 20 heavy (non-hydrogen) atoms. The van der Waals surface area contributed by atoms with Crippen LogP contribution in [0.25, 0.3) is 0 Å². The maximum atomic E-state index is 10.1. The maximum absolute atomic E-state index is 10.1. The van der Waals surface area contributed by atoms with E-state index in [1.165, 1.54) is 0 Å². The number of fused-ring (bicyclic) bond motifs is 1. The van der Waals surface area contributed by atoms with Crippen molar-refractivity contribution in [2.45, 2.75) is 51.0 Å². The van der Waals surface area contributed by atoms with Gasteiger partial charge in [0.05, 0.1) is 0 Å². The first-order valence-corrected chi connectivity index (χ1v) is 7.45. The van der Waals surface area contributed by atoms with Crippen molar-refractivity contribution in [1.29, 1.82) is 0 Å². The number of benzene rings is 1. The highest BCUT2D eigenvalue weighted by Crippen LogP contribution is 2.45. The lowest BCUT2D eigenvalue weighted by Gasteiger charge is -2.17. The van der Waals surface area contributed by atoms with Gasteiger partial charge in [-0.1, -0.05) is 25.8 Å². The molecule has 0 aliphatic carbocycles. The molecule has 110 valence electrons. The normalized spacial score (nSPS) is 20.5. The van der Waals surface area contributed by atoms with Gasteiger partial charge >= 0.3 is 0 Å². The lowest BCUT2D eigenvalue weighted by atomic mass is 9.88. The Kier molecular flexibility index (Phi) is 5.07. The van der Waals surface area contributed by atoms with Crippen molar-refractivity contribution < 1.29 is 14.9 Å². The fourth-order valence-corrected chi connectivity index (χ4v) is 2.94. The van der Waals surface area contributed by atoms with Crippen molar-refractivity contribution in [2.75, 3.05) is 6.61 Å². The first kappa shape index (κ1) is 14.9. The molecule has 2 unspecified atom stereocenters. The second kappa shape index (κ2) is 6.80. The van der Waals surface area contributed by atoms with Crippen molar-refractivity contribution >= 4 is 0 Å². The molecule has 0 spiro atoms. The minimum Gasteiger partial charge on any atom is -0.508 e. The summed E-state index contributed by atoms with van der Waals surface area (Å²) in [5.41, 5.74) is 1.93. The number of aliphatic hydroxyl groups is 1. The minimum absolute atomic E-state index is 0.0277. The molecule has 0 saturated carbocycles. The Bertz CT molecular complexity index is 468. The molecule has 2 atom stereocenters. The summed E-state index contributed by atoms with van der Waals surface area (Å²) in [6, 6.07) is 3.76. The Balaban J connectivity index is 2.29. The Hall–Kier alpha value is -1.48. The molecule has 0 aromatic heterocycles. The lowest BCUT2D eigenvalue weighted by molar-refractivity contribution is 0.151. The summed E-state index contributed by atoms with van der Waals surface area (Å²) >= 11 is 0. The fourth-order valence-electron chi connectivity index (χ4n) is 2.94. The molecular weight excluding hydrogens is 252 g/mol. The van der Waals surface area contributed by atoms with E-state index in [4.69, 9.17) is 4.74 Å². The van der Waals surface area contributed by atoms with Gasteiger partial charge in [0.1, 0.15) is 17.6 Å². The molecule has 1 heterocycles. The Morgan fingerprint density at radius 2 is 2.15 bits per heavy atom. The highest BCUT2D eigenvalue weighted by Gasteiger charge is 2.34. The number of phenolic OH excluding ortho intramolecular Hbond substituents is 1. The molecule has 1 aliphatic heterocycles. The fraction of sp³-hybridized carbons (Fsp3) is 0.529. The summed E-state index contributed by atoms with van der Waals surface area (Å²) in [7, 11) is 0. The van der Waals surface area contributed by atoms with Crippen LogP contribution >= 0.6 is 0 Å². The molecule has 0 bridgehead atoms. The van der Waals surface area contributed by atoms with Crippen LogP contribution in [0.15, 0.2) is 24.8 Å². The van der Waals surface area contributed by atoms with Crippen molar-refractivity contribution in [1.82, 2.24) is 0 Å². The van der Waals surface area contributed by atoms with Gasteiger partial charge in [0, 0.05) is 30.1 Å². The SMILES string of the molecule is C=CCc1cc2c(cc1O)C(CCCC)C(CCO)O2. The molecular formula is C17H24O3. The van der Waals surface area contributed by atoms with Crippen LogP contribution in [0.3, 0.4) is 0 Å². The number of rotatable bonds is 7. The second-order valence-corrected chi connectivity index (χ2v) is 5.43. The van der Waals surface area contributed by atoms with Crippen molar-refractivity contribution in [3.05, 3.63) is 35.9 Å². The van der Waals surface area contributed by atoms with E-state index in [2.05, 4.69) is 13.5 Å². The molecule has 0 amide bonds. The van der Waals surface area contributed by atoms with E-state index in [1.54, 1.807) is 6.08 Å². The highest BCUT2D eigenvalue weighted by molar-refractivity contribution is 5.50. The zero-order valence-corrected chi connectivity index (χ0v) is 12.1. The number of ether oxygens (including phenoxy) is 1. The van der Waals surface area contributed by atoms with Crippen LogP contribution in [0.5, 0.6) is 11.5 Å². The van der Waals surface area contributed by atoms with Gasteiger partial charge in [-0.25, -0.2) is 0 Å². The van der Waals surface area contributed by atoms with Gasteiger partial charge in [-0.05, 0) is 25.0 Å². The summed E-state index contributed by atoms with van der Waals surface area (Å²) in [5, 5.41) is 19.3. The van der Waals surface area contributed by atoms with Crippen LogP contribution in [0.1, 0.15) is 49.7 Å². The summed E-state index contributed by atoms with van der Waals surface area (Å²) in [6.07, 6.45) is 6.38. The average molecular weight is 276 g/mol. The Morgan fingerprint density at radius 1 is 1.35 bits per heavy atom. The highest BCUT2D eigenvalue weighted by atomic mass is 16.5. The number of unbranched alkanes of at least 4 members (excludes halogenated alkanes) is 1. The van der Waals surface area contributed by atoms with Gasteiger partial charge < -0.3 is 14.9 Å². The summed E-state index contributed by atoms with van der Waals surface area (Å²) in [4.78, 5) is 0. The molecule has 1 aromatic carbocycles. The molecule has 0 radical (unpaired) electrons. The Labute approximate surface area is 120 Å². The van der Waals surface area contributed by atoms with Crippen LogP contribution in [-0.4, -0.2) is 22.9 Å². The number of allylic oxidation sites excluding steroid dienone is 1. The van der Waals surface area contributed by atoms with Gasteiger partial charge in [-0.15, -0.1) is 6.58 Å². The van der Waals surface area contributed by atoms with Gasteiger partial charge in [0.2, 0.25) is 0 Å². The largest absolute Gasteiger partial charge is 0.508 e. The smallest absolute Gasteiger partial charge is 0.123 e.